The molecule has 1 saturated heterocycles. The van der Waals surface area contributed by atoms with E-state index in [1.165, 1.54) is 6.42 Å². The first-order valence-corrected chi connectivity index (χ1v) is 8.28. The summed E-state index contributed by atoms with van der Waals surface area (Å²) in [5.41, 5.74) is 5.79. The first-order chi connectivity index (χ1) is 8.63. The molecule has 2 fully saturated rings. The largest absolute Gasteiger partial charge is 0.341 e. The lowest BCUT2D eigenvalue weighted by atomic mass is 9.94. The quantitative estimate of drug-likeness (QED) is 0.853. The summed E-state index contributed by atoms with van der Waals surface area (Å²) in [5.74, 6) is 2.78. The zero-order valence-electron chi connectivity index (χ0n) is 11.6. The van der Waals surface area contributed by atoms with E-state index in [0.717, 1.165) is 31.7 Å². The van der Waals surface area contributed by atoms with Crippen LogP contribution in [0.2, 0.25) is 0 Å². The van der Waals surface area contributed by atoms with E-state index in [2.05, 4.69) is 18.7 Å². The van der Waals surface area contributed by atoms with Crippen LogP contribution >= 0.6 is 11.8 Å². The molecule has 1 heterocycles. The number of hydrogen-bond donors (Lipinski definition) is 1. The molecule has 2 aliphatic rings. The molecule has 18 heavy (non-hydrogen) atoms. The van der Waals surface area contributed by atoms with E-state index in [-0.39, 0.29) is 5.92 Å². The molecular weight excluding hydrogens is 244 g/mol. The highest BCUT2D eigenvalue weighted by Crippen LogP contribution is 2.34. The topological polar surface area (TPSA) is 46.3 Å². The van der Waals surface area contributed by atoms with Crippen LogP contribution in [0.3, 0.4) is 0 Å². The van der Waals surface area contributed by atoms with Crippen LogP contribution in [-0.2, 0) is 4.79 Å². The minimum absolute atomic E-state index is 0.214. The van der Waals surface area contributed by atoms with Gasteiger partial charge in [0.15, 0.2) is 0 Å². The molecule has 2 N–H and O–H groups in total. The number of rotatable bonds is 3. The summed E-state index contributed by atoms with van der Waals surface area (Å²) in [5, 5.41) is 0.612. The van der Waals surface area contributed by atoms with Gasteiger partial charge in [-0.25, -0.2) is 0 Å². The van der Waals surface area contributed by atoms with Gasteiger partial charge in [-0.15, -0.1) is 0 Å². The molecule has 0 aromatic carbocycles. The number of hydrogen-bond acceptors (Lipinski definition) is 3. The molecule has 3 atom stereocenters. The van der Waals surface area contributed by atoms with E-state index in [4.69, 9.17) is 5.73 Å². The highest BCUT2D eigenvalue weighted by atomic mass is 32.2. The van der Waals surface area contributed by atoms with Crippen LogP contribution in [0.1, 0.15) is 33.1 Å². The summed E-state index contributed by atoms with van der Waals surface area (Å²) in [6.45, 7) is 7.05. The van der Waals surface area contributed by atoms with Gasteiger partial charge in [0.1, 0.15) is 0 Å². The van der Waals surface area contributed by atoms with Crippen molar-refractivity contribution >= 4 is 17.7 Å². The average molecular weight is 270 g/mol. The smallest absolute Gasteiger partial charge is 0.226 e. The van der Waals surface area contributed by atoms with Crippen LogP contribution < -0.4 is 5.73 Å². The van der Waals surface area contributed by atoms with Gasteiger partial charge in [0.25, 0.3) is 0 Å². The Labute approximate surface area is 115 Å². The lowest BCUT2D eigenvalue weighted by Gasteiger charge is -2.36. The Kier molecular flexibility index (Phi) is 4.96. The summed E-state index contributed by atoms with van der Waals surface area (Å²) in [6, 6.07) is 0. The first kappa shape index (κ1) is 14.2. The van der Waals surface area contributed by atoms with E-state index < -0.39 is 0 Å². The van der Waals surface area contributed by atoms with Crippen LogP contribution in [0, 0.1) is 17.8 Å². The second kappa shape index (κ2) is 6.29. The molecule has 0 aromatic heterocycles. The van der Waals surface area contributed by atoms with Crippen LogP contribution in [0.5, 0.6) is 0 Å². The van der Waals surface area contributed by atoms with Crippen molar-refractivity contribution in [2.24, 2.45) is 23.5 Å². The summed E-state index contributed by atoms with van der Waals surface area (Å²) in [7, 11) is 0. The molecule has 4 heteroatoms. The SMILES string of the molecule is CC(C)C1CN(C(=O)[C@@H]2CCC[C@@H]2CN)CCS1. The molecule has 1 unspecified atom stereocenters. The number of thioether (sulfide) groups is 1. The van der Waals surface area contributed by atoms with Gasteiger partial charge >= 0.3 is 0 Å². The maximum absolute atomic E-state index is 12.6. The third kappa shape index (κ3) is 3.02. The van der Waals surface area contributed by atoms with E-state index in [1.54, 1.807) is 0 Å². The highest BCUT2D eigenvalue weighted by Gasteiger charge is 2.36. The Morgan fingerprint density at radius 3 is 2.89 bits per heavy atom. The van der Waals surface area contributed by atoms with Gasteiger partial charge in [0, 0.05) is 30.0 Å². The van der Waals surface area contributed by atoms with Gasteiger partial charge in [0.2, 0.25) is 5.91 Å². The van der Waals surface area contributed by atoms with Crippen LogP contribution in [-0.4, -0.2) is 41.4 Å². The molecule has 2 rings (SSSR count). The van der Waals surface area contributed by atoms with E-state index in [0.29, 0.717) is 29.5 Å². The van der Waals surface area contributed by atoms with Crippen LogP contribution in [0.15, 0.2) is 0 Å². The van der Waals surface area contributed by atoms with Gasteiger partial charge in [-0.05, 0) is 31.2 Å². The first-order valence-electron chi connectivity index (χ1n) is 7.24. The minimum atomic E-state index is 0.214. The van der Waals surface area contributed by atoms with Gasteiger partial charge in [-0.2, -0.15) is 11.8 Å². The molecule has 0 bridgehead atoms. The standard InChI is InChI=1S/C14H26N2OS/c1-10(2)13-9-16(6-7-18-13)14(17)12-5-3-4-11(12)8-15/h10-13H,3-9,15H2,1-2H3/t11-,12-,13?/m1/s1. The molecular formula is C14H26N2OS. The molecule has 1 amide bonds. The summed E-state index contributed by atoms with van der Waals surface area (Å²) < 4.78 is 0. The minimum Gasteiger partial charge on any atom is -0.341 e. The molecule has 0 aromatic rings. The molecule has 1 aliphatic heterocycles. The number of nitrogens with two attached hydrogens (primary N) is 1. The fourth-order valence-electron chi connectivity index (χ4n) is 3.16. The Morgan fingerprint density at radius 2 is 2.22 bits per heavy atom. The second-order valence-corrected chi connectivity index (χ2v) is 7.32. The van der Waals surface area contributed by atoms with Gasteiger partial charge < -0.3 is 10.6 Å². The monoisotopic (exact) mass is 270 g/mol. The van der Waals surface area contributed by atoms with Crippen molar-refractivity contribution in [3.05, 3.63) is 0 Å². The maximum Gasteiger partial charge on any atom is 0.226 e. The average Bonchev–Trinajstić information content (AvgIpc) is 2.86. The second-order valence-electron chi connectivity index (χ2n) is 5.97. The maximum atomic E-state index is 12.6. The number of nitrogens with zero attached hydrogens (tertiary/aromatic N) is 1. The zero-order valence-corrected chi connectivity index (χ0v) is 12.4. The van der Waals surface area contributed by atoms with E-state index >= 15 is 0 Å². The molecule has 1 saturated carbocycles. The van der Waals surface area contributed by atoms with Crippen molar-refractivity contribution < 1.29 is 4.79 Å². The van der Waals surface area contributed by atoms with Crippen molar-refractivity contribution in [3.8, 4) is 0 Å². The Balaban J connectivity index is 1.96. The fraction of sp³-hybridized carbons (Fsp3) is 0.929. The molecule has 3 nitrogen and oxygen atoms in total. The van der Waals surface area contributed by atoms with E-state index in [1.807, 2.05) is 11.8 Å². The fourth-order valence-corrected chi connectivity index (χ4v) is 4.46. The van der Waals surface area contributed by atoms with Crippen molar-refractivity contribution in [1.82, 2.24) is 4.90 Å². The Bertz CT molecular complexity index is 296. The zero-order chi connectivity index (χ0) is 13.1. The van der Waals surface area contributed by atoms with Crippen molar-refractivity contribution in [1.29, 1.82) is 0 Å². The van der Waals surface area contributed by atoms with Gasteiger partial charge in [-0.3, -0.25) is 4.79 Å². The predicted octanol–water partition coefficient (Wildman–Crippen LogP) is 1.96. The number of carbonyl (C=O) groups excluding carboxylic acids is 1. The van der Waals surface area contributed by atoms with Gasteiger partial charge in [-0.1, -0.05) is 20.3 Å². The third-order valence-electron chi connectivity index (χ3n) is 4.43. The molecule has 1 aliphatic carbocycles. The van der Waals surface area contributed by atoms with Crippen molar-refractivity contribution in [3.63, 3.8) is 0 Å². The highest BCUT2D eigenvalue weighted by molar-refractivity contribution is 8.00. The summed E-state index contributed by atoms with van der Waals surface area (Å²) in [6.07, 6.45) is 3.37. The lowest BCUT2D eigenvalue weighted by molar-refractivity contribution is -0.136. The predicted molar refractivity (Wildman–Crippen MR) is 77.5 cm³/mol. The molecule has 0 radical (unpaired) electrons. The summed E-state index contributed by atoms with van der Waals surface area (Å²) in [4.78, 5) is 14.7. The Hall–Kier alpha value is -0.220. The lowest BCUT2D eigenvalue weighted by Crippen LogP contribution is -2.47. The molecule has 104 valence electrons. The van der Waals surface area contributed by atoms with Crippen LogP contribution in [0.25, 0.3) is 0 Å². The normalized spacial score (nSPS) is 33.1. The van der Waals surface area contributed by atoms with E-state index in [9.17, 15) is 4.79 Å². The third-order valence-corrected chi connectivity index (χ3v) is 5.97. The molecule has 0 spiro atoms. The Morgan fingerprint density at radius 1 is 1.44 bits per heavy atom. The number of amides is 1. The van der Waals surface area contributed by atoms with Crippen LogP contribution in [0.4, 0.5) is 0 Å². The summed E-state index contributed by atoms with van der Waals surface area (Å²) >= 11 is 2.02. The number of carbonyl (C=O) groups is 1. The van der Waals surface area contributed by atoms with Crippen molar-refractivity contribution in [2.75, 3.05) is 25.4 Å². The van der Waals surface area contributed by atoms with Gasteiger partial charge in [0.05, 0.1) is 0 Å². The van der Waals surface area contributed by atoms with Crippen molar-refractivity contribution in [2.45, 2.75) is 38.4 Å².